The molecule has 2 fully saturated rings. The summed E-state index contributed by atoms with van der Waals surface area (Å²) in [5.74, 6) is 1.39. The van der Waals surface area contributed by atoms with Crippen molar-refractivity contribution in [3.05, 3.63) is 0 Å². The Bertz CT molecular complexity index is 183. The molecule has 0 aliphatic heterocycles. The summed E-state index contributed by atoms with van der Waals surface area (Å²) in [5, 5.41) is 9.92. The van der Waals surface area contributed by atoms with Crippen molar-refractivity contribution in [3.63, 3.8) is 0 Å². The molecule has 2 unspecified atom stereocenters. The maximum Gasteiger partial charge on any atom is 0.0653 e. The van der Waals surface area contributed by atoms with Gasteiger partial charge in [0.2, 0.25) is 0 Å². The highest BCUT2D eigenvalue weighted by atomic mass is 16.3. The van der Waals surface area contributed by atoms with Crippen LogP contribution in [0.3, 0.4) is 0 Å². The summed E-state index contributed by atoms with van der Waals surface area (Å²) in [5.41, 5.74) is 0.216. The lowest BCUT2D eigenvalue weighted by Gasteiger charge is -2.17. The fraction of sp³-hybridized carbons (Fsp3) is 1.00. The summed E-state index contributed by atoms with van der Waals surface area (Å²) in [6.07, 6.45) is 3.55. The first-order valence-corrected chi connectivity index (χ1v) is 4.71. The van der Waals surface area contributed by atoms with Gasteiger partial charge in [-0.15, -0.1) is 0 Å². The Kier molecular flexibility index (Phi) is 1.26. The van der Waals surface area contributed by atoms with Gasteiger partial charge in [-0.2, -0.15) is 0 Å². The van der Waals surface area contributed by atoms with Crippen molar-refractivity contribution < 1.29 is 5.11 Å². The van der Waals surface area contributed by atoms with E-state index >= 15 is 0 Å². The number of fused-ring (bicyclic) bond motifs is 1. The van der Waals surface area contributed by atoms with Crippen LogP contribution in [-0.2, 0) is 0 Å². The van der Waals surface area contributed by atoms with Crippen LogP contribution in [0, 0.1) is 17.3 Å². The highest BCUT2D eigenvalue weighted by molar-refractivity contribution is 5.16. The SMILES string of the molecule is CC(C)C12CC[C@](C)(O)C1C2. The minimum atomic E-state index is -0.329. The number of aliphatic hydroxyl groups is 1. The van der Waals surface area contributed by atoms with Crippen LogP contribution in [0.15, 0.2) is 0 Å². The molecule has 11 heavy (non-hydrogen) atoms. The Morgan fingerprint density at radius 1 is 1.36 bits per heavy atom. The summed E-state index contributed by atoms with van der Waals surface area (Å²) >= 11 is 0. The molecule has 0 spiro atoms. The molecular weight excluding hydrogens is 136 g/mol. The van der Waals surface area contributed by atoms with E-state index in [1.54, 1.807) is 0 Å². The van der Waals surface area contributed by atoms with Crippen molar-refractivity contribution in [2.24, 2.45) is 17.3 Å². The average molecular weight is 154 g/mol. The lowest BCUT2D eigenvalue weighted by atomic mass is 9.90. The topological polar surface area (TPSA) is 20.2 Å². The fourth-order valence-corrected chi connectivity index (χ4v) is 3.02. The minimum Gasteiger partial charge on any atom is -0.390 e. The first-order chi connectivity index (χ1) is 4.99. The molecule has 0 amide bonds. The van der Waals surface area contributed by atoms with Gasteiger partial charge in [-0.3, -0.25) is 0 Å². The van der Waals surface area contributed by atoms with Crippen LogP contribution in [0.2, 0.25) is 0 Å². The molecule has 0 aromatic rings. The van der Waals surface area contributed by atoms with Crippen LogP contribution in [-0.4, -0.2) is 10.7 Å². The van der Waals surface area contributed by atoms with Crippen LogP contribution in [0.1, 0.15) is 40.0 Å². The van der Waals surface area contributed by atoms with Crippen LogP contribution in [0.25, 0.3) is 0 Å². The van der Waals surface area contributed by atoms with Crippen LogP contribution in [0.4, 0.5) is 0 Å². The van der Waals surface area contributed by atoms with E-state index in [9.17, 15) is 5.11 Å². The second-order valence-electron chi connectivity index (χ2n) is 5.00. The van der Waals surface area contributed by atoms with Crippen molar-refractivity contribution >= 4 is 0 Å². The average Bonchev–Trinajstić information content (AvgIpc) is 2.54. The summed E-state index contributed by atoms with van der Waals surface area (Å²) < 4.78 is 0. The van der Waals surface area contributed by atoms with Crippen molar-refractivity contribution in [3.8, 4) is 0 Å². The number of hydrogen-bond donors (Lipinski definition) is 1. The van der Waals surface area contributed by atoms with E-state index in [2.05, 4.69) is 13.8 Å². The molecule has 1 heteroatoms. The van der Waals surface area contributed by atoms with E-state index < -0.39 is 0 Å². The molecule has 2 aliphatic rings. The van der Waals surface area contributed by atoms with Gasteiger partial charge in [0.05, 0.1) is 5.60 Å². The summed E-state index contributed by atoms with van der Waals surface area (Å²) in [6.45, 7) is 6.59. The molecule has 1 nitrogen and oxygen atoms in total. The van der Waals surface area contributed by atoms with Gasteiger partial charge in [-0.1, -0.05) is 13.8 Å². The quantitative estimate of drug-likeness (QED) is 0.614. The minimum absolute atomic E-state index is 0.329. The van der Waals surface area contributed by atoms with Crippen molar-refractivity contribution in [1.82, 2.24) is 0 Å². The van der Waals surface area contributed by atoms with Gasteiger partial charge in [-0.05, 0) is 43.4 Å². The Balaban J connectivity index is 2.17. The van der Waals surface area contributed by atoms with Crippen LogP contribution in [0.5, 0.6) is 0 Å². The molecule has 2 aliphatic carbocycles. The Hall–Kier alpha value is -0.0400. The van der Waals surface area contributed by atoms with Gasteiger partial charge in [0.15, 0.2) is 0 Å². The molecule has 3 atom stereocenters. The molecule has 0 radical (unpaired) electrons. The van der Waals surface area contributed by atoms with Crippen molar-refractivity contribution in [2.45, 2.75) is 45.6 Å². The van der Waals surface area contributed by atoms with Gasteiger partial charge >= 0.3 is 0 Å². The standard InChI is InChI=1S/C10H18O/c1-7(2)10-5-4-9(3,11)8(10)6-10/h7-8,11H,4-6H2,1-3H3/t8?,9-,10?/m0/s1. The normalized spacial score (nSPS) is 54.8. The third kappa shape index (κ3) is 0.807. The van der Waals surface area contributed by atoms with E-state index in [0.717, 1.165) is 12.3 Å². The van der Waals surface area contributed by atoms with Gasteiger partial charge in [0.1, 0.15) is 0 Å². The zero-order valence-corrected chi connectivity index (χ0v) is 7.72. The zero-order valence-electron chi connectivity index (χ0n) is 7.72. The van der Waals surface area contributed by atoms with Gasteiger partial charge in [-0.25, -0.2) is 0 Å². The van der Waals surface area contributed by atoms with Crippen LogP contribution < -0.4 is 0 Å². The Morgan fingerprint density at radius 3 is 2.18 bits per heavy atom. The Morgan fingerprint density at radius 2 is 2.00 bits per heavy atom. The maximum absolute atomic E-state index is 9.92. The molecule has 0 aromatic heterocycles. The Labute approximate surface area is 68.8 Å². The molecule has 2 rings (SSSR count). The van der Waals surface area contributed by atoms with Gasteiger partial charge in [0, 0.05) is 0 Å². The van der Waals surface area contributed by atoms with E-state index in [0.29, 0.717) is 11.3 Å². The van der Waals surface area contributed by atoms with E-state index in [4.69, 9.17) is 0 Å². The van der Waals surface area contributed by atoms with E-state index in [-0.39, 0.29) is 5.60 Å². The molecule has 64 valence electrons. The van der Waals surface area contributed by atoms with E-state index in [1.807, 2.05) is 6.92 Å². The largest absolute Gasteiger partial charge is 0.390 e. The second-order valence-corrected chi connectivity index (χ2v) is 5.00. The summed E-state index contributed by atoms with van der Waals surface area (Å²) in [4.78, 5) is 0. The predicted octanol–water partition coefficient (Wildman–Crippen LogP) is 2.19. The molecule has 2 saturated carbocycles. The fourth-order valence-electron chi connectivity index (χ4n) is 3.02. The third-order valence-corrected chi connectivity index (χ3v) is 4.12. The summed E-state index contributed by atoms with van der Waals surface area (Å²) in [7, 11) is 0. The van der Waals surface area contributed by atoms with Crippen molar-refractivity contribution in [2.75, 3.05) is 0 Å². The smallest absolute Gasteiger partial charge is 0.0653 e. The molecule has 0 bridgehead atoms. The van der Waals surface area contributed by atoms with E-state index in [1.165, 1.54) is 12.8 Å². The predicted molar refractivity (Wildman–Crippen MR) is 45.2 cm³/mol. The lowest BCUT2D eigenvalue weighted by molar-refractivity contribution is 0.0426. The molecular formula is C10H18O. The number of hydrogen-bond acceptors (Lipinski definition) is 1. The third-order valence-electron chi connectivity index (χ3n) is 4.12. The monoisotopic (exact) mass is 154 g/mol. The first-order valence-electron chi connectivity index (χ1n) is 4.71. The second kappa shape index (κ2) is 1.82. The molecule has 1 N–H and O–H groups in total. The molecule has 0 heterocycles. The molecule has 0 saturated heterocycles. The van der Waals surface area contributed by atoms with Gasteiger partial charge < -0.3 is 5.11 Å². The molecule has 0 aromatic carbocycles. The zero-order chi connectivity index (χ0) is 8.28. The highest BCUT2D eigenvalue weighted by Crippen LogP contribution is 2.70. The maximum atomic E-state index is 9.92. The highest BCUT2D eigenvalue weighted by Gasteiger charge is 2.67. The van der Waals surface area contributed by atoms with Gasteiger partial charge in [0.25, 0.3) is 0 Å². The number of rotatable bonds is 1. The lowest BCUT2D eigenvalue weighted by Crippen LogP contribution is -2.23. The first kappa shape index (κ1) is 7.60. The summed E-state index contributed by atoms with van der Waals surface area (Å²) in [6, 6.07) is 0. The van der Waals surface area contributed by atoms with Crippen LogP contribution >= 0.6 is 0 Å². The van der Waals surface area contributed by atoms with Crippen molar-refractivity contribution in [1.29, 1.82) is 0 Å².